The lowest BCUT2D eigenvalue weighted by molar-refractivity contribution is -0.141. The second-order valence-corrected chi connectivity index (χ2v) is 24.7. The lowest BCUT2D eigenvalue weighted by atomic mass is 9.76. The van der Waals surface area contributed by atoms with Gasteiger partial charge in [0.05, 0.1) is 30.4 Å². The Kier molecular flexibility index (Phi) is 25.2. The molecular formula is C68H88N8O11. The molecule has 1 aliphatic rings. The van der Waals surface area contributed by atoms with E-state index in [1.165, 1.54) is 11.8 Å². The number of hydrogen-bond acceptors (Lipinski definition) is 11. The fraction of sp³-hybridized carbons (Fsp3) is 0.456. The van der Waals surface area contributed by atoms with Crippen LogP contribution in [-0.4, -0.2) is 108 Å². The maximum atomic E-state index is 14.2. The molecule has 1 unspecified atom stereocenters. The van der Waals surface area contributed by atoms with Crippen molar-refractivity contribution in [1.82, 2.24) is 31.5 Å². The molecule has 7 amide bonds. The van der Waals surface area contributed by atoms with Crippen molar-refractivity contribution >= 4 is 59.0 Å². The highest BCUT2D eigenvalue weighted by Crippen LogP contribution is 2.31. The number of fused-ring (bicyclic) bond motifs is 2. The average molecular weight is 1190 g/mol. The van der Waals surface area contributed by atoms with Gasteiger partial charge in [-0.25, -0.2) is 14.4 Å². The summed E-state index contributed by atoms with van der Waals surface area (Å²) >= 11 is 0. The van der Waals surface area contributed by atoms with E-state index in [1.807, 2.05) is 135 Å². The van der Waals surface area contributed by atoms with Crippen molar-refractivity contribution in [3.8, 4) is 11.8 Å². The Bertz CT molecular complexity index is 3220. The average Bonchev–Trinajstić information content (AvgIpc) is 1.57. The number of alkyl carbamates (subject to hydrolysis) is 1. The van der Waals surface area contributed by atoms with Crippen molar-refractivity contribution in [3.63, 3.8) is 0 Å². The zero-order chi connectivity index (χ0) is 64.3. The first-order valence-electron chi connectivity index (χ1n) is 29.6. The Balaban J connectivity index is 1.16. The van der Waals surface area contributed by atoms with Gasteiger partial charge in [-0.15, -0.1) is 0 Å². The number of likely N-dealkylation sites (N-methyl/N-ethyl adjacent to an activating group) is 2. The summed E-state index contributed by atoms with van der Waals surface area (Å²) in [6, 6.07) is 25.4. The number of carboxylic acids is 1. The molecule has 0 saturated heterocycles. The number of nitrogens with one attached hydrogen (secondary N) is 5. The molecule has 19 nitrogen and oxygen atoms in total. The largest absolute Gasteiger partial charge is 0.478 e. The second-order valence-electron chi connectivity index (χ2n) is 24.7. The molecule has 0 aromatic heterocycles. The van der Waals surface area contributed by atoms with Crippen LogP contribution in [0.3, 0.4) is 0 Å². The molecule has 0 aliphatic carbocycles. The van der Waals surface area contributed by atoms with Gasteiger partial charge in [0.2, 0.25) is 23.6 Å². The van der Waals surface area contributed by atoms with Crippen LogP contribution in [0.2, 0.25) is 0 Å². The third kappa shape index (κ3) is 20.0. The molecule has 5 atom stereocenters. The molecule has 0 spiro atoms. The minimum absolute atomic E-state index is 0.0582. The van der Waals surface area contributed by atoms with Crippen LogP contribution in [0.25, 0.3) is 0 Å². The maximum Gasteiger partial charge on any atom is 0.407 e. The molecule has 19 heteroatoms. The summed E-state index contributed by atoms with van der Waals surface area (Å²) in [5.74, 6) is 2.04. The number of anilines is 1. The lowest BCUT2D eigenvalue weighted by Gasteiger charge is -2.40. The number of para-hydroxylation sites is 1. The minimum Gasteiger partial charge on any atom is -0.478 e. The van der Waals surface area contributed by atoms with Gasteiger partial charge in [0.25, 0.3) is 0 Å². The molecule has 466 valence electrons. The third-order valence-corrected chi connectivity index (χ3v) is 15.8. The Morgan fingerprint density at radius 2 is 1.40 bits per heavy atom. The van der Waals surface area contributed by atoms with Crippen molar-refractivity contribution in [2.45, 2.75) is 157 Å². The molecule has 0 radical (unpaired) electrons. The molecular weight excluding hydrogens is 1100 g/mol. The number of primary amides is 1. The van der Waals surface area contributed by atoms with Gasteiger partial charge >= 0.3 is 18.1 Å². The number of urea groups is 1. The smallest absolute Gasteiger partial charge is 0.407 e. The molecule has 1 heterocycles. The molecule has 4 aromatic carbocycles. The predicted molar refractivity (Wildman–Crippen MR) is 335 cm³/mol. The van der Waals surface area contributed by atoms with Crippen LogP contribution in [0.4, 0.5) is 15.3 Å². The van der Waals surface area contributed by atoms with E-state index in [1.54, 1.807) is 49.3 Å². The second kappa shape index (κ2) is 31.7. The monoisotopic (exact) mass is 1190 g/mol. The summed E-state index contributed by atoms with van der Waals surface area (Å²) in [5, 5.41) is 23.9. The fourth-order valence-electron chi connectivity index (χ4n) is 10.5. The molecule has 1 aliphatic heterocycles. The van der Waals surface area contributed by atoms with Gasteiger partial charge in [0.15, 0.2) is 5.78 Å². The van der Waals surface area contributed by atoms with E-state index in [0.717, 1.165) is 22.3 Å². The van der Waals surface area contributed by atoms with E-state index >= 15 is 0 Å². The highest BCUT2D eigenvalue weighted by atomic mass is 16.5. The van der Waals surface area contributed by atoms with Gasteiger partial charge in [-0.1, -0.05) is 159 Å². The minimum atomic E-state index is -1.08. The number of rotatable bonds is 29. The van der Waals surface area contributed by atoms with E-state index in [4.69, 9.17) is 10.5 Å². The number of carbonyl (C=O) groups excluding carboxylic acids is 8. The zero-order valence-electron chi connectivity index (χ0n) is 52.4. The highest BCUT2D eigenvalue weighted by Gasteiger charge is 2.42. The Labute approximate surface area is 512 Å². The van der Waals surface area contributed by atoms with Gasteiger partial charge < -0.3 is 52.0 Å². The molecule has 0 saturated carbocycles. The van der Waals surface area contributed by atoms with Gasteiger partial charge in [-0.05, 0) is 90.1 Å². The molecule has 87 heavy (non-hydrogen) atoms. The molecule has 8 N–H and O–H groups in total. The Hall–Kier alpha value is -8.63. The predicted octanol–water partition coefficient (Wildman–Crippen LogP) is 8.03. The van der Waals surface area contributed by atoms with E-state index in [9.17, 15) is 48.3 Å². The number of aliphatic carboxylic acids is 1. The van der Waals surface area contributed by atoms with Crippen molar-refractivity contribution in [2.75, 3.05) is 25.5 Å². The molecule has 0 fully saturated rings. The van der Waals surface area contributed by atoms with Crippen molar-refractivity contribution < 1.29 is 53.0 Å². The van der Waals surface area contributed by atoms with Crippen LogP contribution in [0, 0.1) is 35.0 Å². The van der Waals surface area contributed by atoms with Crippen LogP contribution < -0.4 is 37.2 Å². The number of amides is 7. The van der Waals surface area contributed by atoms with Crippen LogP contribution in [-0.2, 0) is 69.8 Å². The zero-order valence-corrected chi connectivity index (χ0v) is 52.4. The van der Waals surface area contributed by atoms with Gasteiger partial charge in [0.1, 0.15) is 18.4 Å². The van der Waals surface area contributed by atoms with Gasteiger partial charge in [-0.3, -0.25) is 28.8 Å². The van der Waals surface area contributed by atoms with Crippen molar-refractivity contribution in [3.05, 3.63) is 148 Å². The van der Waals surface area contributed by atoms with E-state index < -0.39 is 70.8 Å². The summed E-state index contributed by atoms with van der Waals surface area (Å²) in [6.07, 6.45) is 1.01. The maximum absolute atomic E-state index is 14.2. The number of nitrogens with zero attached hydrogens (tertiary/aromatic N) is 2. The van der Waals surface area contributed by atoms with Crippen LogP contribution in [0.1, 0.15) is 140 Å². The quantitative estimate of drug-likeness (QED) is 0.0155. The number of carboxylic acid groups (broad SMARTS) is 1. The Morgan fingerprint density at radius 1 is 0.759 bits per heavy atom. The lowest BCUT2D eigenvalue weighted by Crippen LogP contribution is -2.61. The summed E-state index contributed by atoms with van der Waals surface area (Å²) in [7, 11) is 3.28. The first-order chi connectivity index (χ1) is 41.0. The van der Waals surface area contributed by atoms with E-state index in [-0.39, 0.29) is 99.1 Å². The summed E-state index contributed by atoms with van der Waals surface area (Å²) in [6.45, 7) is 18.8. The number of hydrogen-bond donors (Lipinski definition) is 7. The first-order valence-corrected chi connectivity index (χ1v) is 29.6. The fourth-order valence-corrected chi connectivity index (χ4v) is 10.5. The number of benzene rings is 4. The number of ether oxygens (including phenoxy) is 1. The topological polar surface area (TPSA) is 276 Å². The van der Waals surface area contributed by atoms with Crippen molar-refractivity contribution in [2.24, 2.45) is 28.9 Å². The summed E-state index contributed by atoms with van der Waals surface area (Å²) in [4.78, 5) is 123. The standard InChI is InChI=1S/C68H88N8O11/c1-42(2)53(38-52(77)32-33-58(79)76-40-50-22-14-13-20-48(50)30-31-49-21-15-16-25-55(49)76)61(80)73-54(24-18-34-71-65(69)85)57(78)37-45-26-28-46(29-27-45)41-87-66(86)72-39-47-19-17-23-51(36-47)68(9,10)59(70-11)62(81)74-60(67(6,7)8)63(82)75(12)56(43(3)4)35-44(5)64(83)84/h13-17,19-23,25-29,35-36,42-43,53-54,56,59-60,70H,18,24,32-34,37-41H2,1-12H3,(H,72,86)(H,73,80)(H,74,81)(H,83,84)(H3,69,71,85)/b44-35+/t53-,54-,56+,59?,60+/m0/s1. The molecule has 0 bridgehead atoms. The molecule has 4 aromatic rings. The molecule has 5 rings (SSSR count). The number of carbonyl (C=O) groups is 9. The first kappa shape index (κ1) is 69.1. The van der Waals surface area contributed by atoms with Crippen LogP contribution in [0.15, 0.2) is 109 Å². The summed E-state index contributed by atoms with van der Waals surface area (Å²) < 4.78 is 5.55. The van der Waals surface area contributed by atoms with Crippen LogP contribution >= 0.6 is 0 Å². The van der Waals surface area contributed by atoms with Crippen molar-refractivity contribution in [1.29, 1.82) is 0 Å². The highest BCUT2D eigenvalue weighted by molar-refractivity contribution is 5.98. The van der Waals surface area contributed by atoms with E-state index in [2.05, 4.69) is 38.4 Å². The number of nitrogens with two attached hydrogens (primary N) is 1. The SMILES string of the molecule is CNC(C(=O)N[C@H](C(=O)N(C)[C@H](/C=C(\C)C(=O)O)C(C)C)C(C)(C)C)C(C)(C)c1cccc(CNC(=O)OCc2ccc(CC(=O)[C@H](CCCNC(N)=O)NC(=O)[C@@H](CC(=O)CCC(=O)N3Cc4ccccc4C#Cc4ccccc43)C(C)C)cc2)c1. The van der Waals surface area contributed by atoms with Crippen LogP contribution in [0.5, 0.6) is 0 Å². The summed E-state index contributed by atoms with van der Waals surface area (Å²) in [5.41, 5.74) is 9.70. The number of ketones is 2. The third-order valence-electron chi connectivity index (χ3n) is 15.8. The van der Waals surface area contributed by atoms with E-state index in [0.29, 0.717) is 28.8 Å². The van der Waals surface area contributed by atoms with Gasteiger partial charge in [0, 0.05) is 73.9 Å². The Morgan fingerprint density at radius 3 is 2.03 bits per heavy atom. The normalized spacial score (nSPS) is 14.0. The van der Waals surface area contributed by atoms with Gasteiger partial charge in [-0.2, -0.15) is 0 Å². The number of Topliss-reactive ketones (excluding diaryl/α,β-unsaturated/α-hetero) is 2.